The maximum Gasteiger partial charge on any atom is 0.181 e. The monoisotopic (exact) mass is 308 g/mol. The number of rotatable bonds is 2. The number of pyridine rings is 1. The number of hydrogen-bond acceptors (Lipinski definition) is 4. The molecule has 1 saturated heterocycles. The zero-order valence-electron chi connectivity index (χ0n) is 13.0. The second-order valence-corrected chi connectivity index (χ2v) is 6.94. The molecular formula is C17H20N6. The highest BCUT2D eigenvalue weighted by Crippen LogP contribution is 2.44. The van der Waals surface area contributed by atoms with E-state index in [1.807, 2.05) is 12.3 Å². The van der Waals surface area contributed by atoms with Crippen LogP contribution in [0.5, 0.6) is 0 Å². The number of aryl methyl sites for hydroxylation is 1. The SMILES string of the molecule is c1cnc2n[nH]c(CN3CCCC4(CCc5cn[nH]c54)C3)c2c1. The van der Waals surface area contributed by atoms with Crippen molar-refractivity contribution < 1.29 is 0 Å². The highest BCUT2D eigenvalue weighted by atomic mass is 15.2. The summed E-state index contributed by atoms with van der Waals surface area (Å²) in [6.45, 7) is 3.16. The third-order valence-electron chi connectivity index (χ3n) is 5.57. The van der Waals surface area contributed by atoms with Crippen molar-refractivity contribution in [2.75, 3.05) is 13.1 Å². The summed E-state index contributed by atoms with van der Waals surface area (Å²) in [5, 5.41) is 16.2. The Hall–Kier alpha value is -2.21. The summed E-state index contributed by atoms with van der Waals surface area (Å²) in [5.41, 5.74) is 5.07. The molecule has 0 bridgehead atoms. The van der Waals surface area contributed by atoms with Gasteiger partial charge < -0.3 is 0 Å². The van der Waals surface area contributed by atoms with E-state index in [1.54, 1.807) is 6.20 Å². The lowest BCUT2D eigenvalue weighted by atomic mass is 9.77. The summed E-state index contributed by atoms with van der Waals surface area (Å²) in [5.74, 6) is 0. The Morgan fingerprint density at radius 2 is 2.26 bits per heavy atom. The lowest BCUT2D eigenvalue weighted by molar-refractivity contribution is 0.135. The number of aromatic amines is 2. The maximum absolute atomic E-state index is 4.32. The van der Waals surface area contributed by atoms with Crippen molar-refractivity contribution in [1.29, 1.82) is 0 Å². The lowest BCUT2D eigenvalue weighted by Gasteiger charge is -2.40. The fourth-order valence-electron chi connectivity index (χ4n) is 4.48. The van der Waals surface area contributed by atoms with Crippen molar-refractivity contribution in [3.8, 4) is 0 Å². The van der Waals surface area contributed by atoms with Gasteiger partial charge in [0.05, 0.1) is 11.9 Å². The molecule has 6 nitrogen and oxygen atoms in total. The van der Waals surface area contributed by atoms with Crippen LogP contribution in [-0.4, -0.2) is 43.4 Å². The van der Waals surface area contributed by atoms with Crippen LogP contribution in [0.1, 0.15) is 36.2 Å². The predicted octanol–water partition coefficient (Wildman–Crippen LogP) is 2.16. The maximum atomic E-state index is 4.32. The quantitative estimate of drug-likeness (QED) is 0.761. The van der Waals surface area contributed by atoms with Crippen molar-refractivity contribution in [2.45, 2.75) is 37.6 Å². The highest BCUT2D eigenvalue weighted by Gasteiger charge is 2.43. The number of fused-ring (bicyclic) bond motifs is 3. The summed E-state index contributed by atoms with van der Waals surface area (Å²) >= 11 is 0. The van der Waals surface area contributed by atoms with Crippen LogP contribution < -0.4 is 0 Å². The molecule has 0 amide bonds. The zero-order chi connectivity index (χ0) is 15.3. The number of aromatic nitrogens is 5. The minimum Gasteiger partial charge on any atom is -0.297 e. The fraction of sp³-hybridized carbons (Fsp3) is 0.471. The number of piperidine rings is 1. The molecule has 23 heavy (non-hydrogen) atoms. The molecule has 0 aromatic carbocycles. The summed E-state index contributed by atoms with van der Waals surface area (Å²) in [7, 11) is 0. The van der Waals surface area contributed by atoms with E-state index in [-0.39, 0.29) is 5.41 Å². The van der Waals surface area contributed by atoms with Crippen molar-refractivity contribution in [3.05, 3.63) is 41.5 Å². The zero-order valence-corrected chi connectivity index (χ0v) is 13.0. The fourth-order valence-corrected chi connectivity index (χ4v) is 4.48. The van der Waals surface area contributed by atoms with Gasteiger partial charge in [-0.15, -0.1) is 0 Å². The molecule has 5 rings (SSSR count). The van der Waals surface area contributed by atoms with E-state index in [1.165, 1.54) is 36.2 Å². The smallest absolute Gasteiger partial charge is 0.181 e. The van der Waals surface area contributed by atoms with Gasteiger partial charge in [-0.05, 0) is 49.9 Å². The second-order valence-electron chi connectivity index (χ2n) is 6.94. The molecule has 2 N–H and O–H groups in total. The molecule has 3 aromatic rings. The van der Waals surface area contributed by atoms with Crippen LogP contribution in [-0.2, 0) is 18.4 Å². The van der Waals surface area contributed by atoms with Crippen molar-refractivity contribution in [3.63, 3.8) is 0 Å². The molecule has 2 aliphatic rings. The molecular weight excluding hydrogens is 288 g/mol. The number of nitrogens with one attached hydrogen (secondary N) is 2. The van der Waals surface area contributed by atoms with Crippen molar-refractivity contribution in [2.24, 2.45) is 0 Å². The van der Waals surface area contributed by atoms with Gasteiger partial charge in [-0.1, -0.05) is 0 Å². The molecule has 1 unspecified atom stereocenters. The Labute approximate surface area is 134 Å². The van der Waals surface area contributed by atoms with E-state index >= 15 is 0 Å². The van der Waals surface area contributed by atoms with E-state index in [0.29, 0.717) is 0 Å². The first kappa shape index (κ1) is 13.2. The Kier molecular flexibility index (Phi) is 2.82. The summed E-state index contributed by atoms with van der Waals surface area (Å²) in [6, 6.07) is 4.08. The first-order valence-electron chi connectivity index (χ1n) is 8.37. The van der Waals surface area contributed by atoms with E-state index in [2.05, 4.69) is 36.3 Å². The average Bonchev–Trinajstić information content (AvgIpc) is 3.27. The normalized spacial score (nSPS) is 24.5. The Balaban J connectivity index is 1.42. The molecule has 0 radical (unpaired) electrons. The van der Waals surface area contributed by atoms with Gasteiger partial charge >= 0.3 is 0 Å². The van der Waals surface area contributed by atoms with Gasteiger partial charge in [-0.25, -0.2) is 4.98 Å². The summed E-state index contributed by atoms with van der Waals surface area (Å²) in [6.07, 6.45) is 8.72. The number of likely N-dealkylation sites (tertiary alicyclic amines) is 1. The topological polar surface area (TPSA) is 73.5 Å². The van der Waals surface area contributed by atoms with E-state index in [0.717, 1.165) is 37.1 Å². The molecule has 0 saturated carbocycles. The summed E-state index contributed by atoms with van der Waals surface area (Å²) < 4.78 is 0. The van der Waals surface area contributed by atoms with E-state index < -0.39 is 0 Å². The van der Waals surface area contributed by atoms with E-state index in [9.17, 15) is 0 Å². The first-order chi connectivity index (χ1) is 11.3. The predicted molar refractivity (Wildman–Crippen MR) is 87.0 cm³/mol. The molecule has 1 fully saturated rings. The summed E-state index contributed by atoms with van der Waals surface area (Å²) in [4.78, 5) is 6.87. The second kappa shape index (κ2) is 4.89. The average molecular weight is 308 g/mol. The van der Waals surface area contributed by atoms with Gasteiger partial charge in [-0.2, -0.15) is 10.2 Å². The van der Waals surface area contributed by atoms with Gasteiger partial charge in [-0.3, -0.25) is 15.1 Å². The largest absolute Gasteiger partial charge is 0.297 e. The van der Waals surface area contributed by atoms with Gasteiger partial charge in [0, 0.05) is 35.8 Å². The molecule has 4 heterocycles. The van der Waals surface area contributed by atoms with Crippen molar-refractivity contribution in [1.82, 2.24) is 30.3 Å². The first-order valence-corrected chi connectivity index (χ1v) is 8.37. The molecule has 1 aliphatic carbocycles. The molecule has 1 aliphatic heterocycles. The number of nitrogens with zero attached hydrogens (tertiary/aromatic N) is 4. The Morgan fingerprint density at radius 1 is 1.26 bits per heavy atom. The Morgan fingerprint density at radius 3 is 3.26 bits per heavy atom. The van der Waals surface area contributed by atoms with Gasteiger partial charge in [0.15, 0.2) is 5.65 Å². The van der Waals surface area contributed by atoms with Crippen LogP contribution >= 0.6 is 0 Å². The number of H-pyrrole nitrogens is 2. The van der Waals surface area contributed by atoms with Crippen LogP contribution in [0.25, 0.3) is 11.0 Å². The van der Waals surface area contributed by atoms with Crippen LogP contribution in [0.4, 0.5) is 0 Å². The number of hydrogen-bond donors (Lipinski definition) is 2. The van der Waals surface area contributed by atoms with Gasteiger partial charge in [0.1, 0.15) is 0 Å². The lowest BCUT2D eigenvalue weighted by Crippen LogP contribution is -2.44. The Bertz CT molecular complexity index is 850. The van der Waals surface area contributed by atoms with Gasteiger partial charge in [0.25, 0.3) is 0 Å². The third-order valence-corrected chi connectivity index (χ3v) is 5.57. The highest BCUT2D eigenvalue weighted by molar-refractivity contribution is 5.77. The van der Waals surface area contributed by atoms with Crippen LogP contribution in [0, 0.1) is 0 Å². The van der Waals surface area contributed by atoms with Crippen LogP contribution in [0.2, 0.25) is 0 Å². The molecule has 1 atom stereocenters. The molecule has 118 valence electrons. The van der Waals surface area contributed by atoms with Crippen LogP contribution in [0.15, 0.2) is 24.5 Å². The molecule has 1 spiro atoms. The van der Waals surface area contributed by atoms with Gasteiger partial charge in [0.2, 0.25) is 0 Å². The standard InChI is InChI=1S/C17H20N6/c1-3-13-14(20-22-16(13)18-7-1)10-23-8-2-5-17(11-23)6-4-12-9-19-21-15(12)17/h1,3,7,9H,2,4-6,8,10-11H2,(H,19,21)(H,18,20,22). The third kappa shape index (κ3) is 2.01. The van der Waals surface area contributed by atoms with Crippen molar-refractivity contribution >= 4 is 11.0 Å². The van der Waals surface area contributed by atoms with E-state index in [4.69, 9.17) is 0 Å². The molecule has 6 heteroatoms. The van der Waals surface area contributed by atoms with Crippen LogP contribution in [0.3, 0.4) is 0 Å². The molecule has 3 aromatic heterocycles. The minimum absolute atomic E-state index is 0.276. The minimum atomic E-state index is 0.276.